The van der Waals surface area contributed by atoms with Gasteiger partial charge < -0.3 is 15.8 Å². The number of nitrogens with two attached hydrogens (primary N) is 1. The van der Waals surface area contributed by atoms with Crippen LogP contribution >= 0.6 is 36.4 Å². The number of anilines is 1. The molecule has 36 heavy (non-hydrogen) atoms. The van der Waals surface area contributed by atoms with Crippen LogP contribution in [0.1, 0.15) is 35.6 Å². The van der Waals surface area contributed by atoms with E-state index in [-0.39, 0.29) is 30.6 Å². The van der Waals surface area contributed by atoms with Crippen LogP contribution in [0.2, 0.25) is 5.02 Å². The van der Waals surface area contributed by atoms with Crippen LogP contribution in [0.15, 0.2) is 29.4 Å². The van der Waals surface area contributed by atoms with Gasteiger partial charge in [0.25, 0.3) is 5.91 Å². The molecule has 7 nitrogen and oxygen atoms in total. The second-order valence-corrected chi connectivity index (χ2v) is 8.03. The molecule has 1 aliphatic heterocycles. The summed E-state index contributed by atoms with van der Waals surface area (Å²) in [5, 5.41) is 1.58. The van der Waals surface area contributed by atoms with Crippen molar-refractivity contribution in [2.24, 2.45) is 10.7 Å². The SMILES string of the molecule is C[C@@]1(c2nc(NC(=O)c3ncc(C(F)(F)F)cc3Cl)ccc2F)CO[C@@](C)(C(F)(F)F)C(N)=N1.Cl.Cl. The Balaban J connectivity index is 0.00000324. The van der Waals surface area contributed by atoms with Gasteiger partial charge in [-0.2, -0.15) is 26.3 Å². The number of hydrogen-bond donors (Lipinski definition) is 2. The number of aromatic nitrogens is 2. The Morgan fingerprint density at radius 2 is 1.78 bits per heavy atom. The average molecular weight is 587 g/mol. The first-order valence-electron chi connectivity index (χ1n) is 9.25. The maximum absolute atomic E-state index is 14.5. The number of carbonyl (C=O) groups is 1. The van der Waals surface area contributed by atoms with Gasteiger partial charge in [-0.25, -0.2) is 14.4 Å². The molecule has 1 aliphatic rings. The van der Waals surface area contributed by atoms with Crippen LogP contribution in [-0.2, 0) is 16.5 Å². The third kappa shape index (κ3) is 5.93. The number of nitrogens with zero attached hydrogens (tertiary/aromatic N) is 3. The first-order valence-corrected chi connectivity index (χ1v) is 9.63. The lowest BCUT2D eigenvalue weighted by Gasteiger charge is -2.40. The highest BCUT2D eigenvalue weighted by molar-refractivity contribution is 6.34. The number of hydrogen-bond acceptors (Lipinski definition) is 6. The minimum Gasteiger partial charge on any atom is -0.385 e. The molecule has 17 heteroatoms. The fraction of sp³-hybridized carbons (Fsp3) is 0.368. The van der Waals surface area contributed by atoms with Gasteiger partial charge in [0.15, 0.2) is 0 Å². The monoisotopic (exact) mass is 585 g/mol. The van der Waals surface area contributed by atoms with E-state index in [0.29, 0.717) is 19.2 Å². The summed E-state index contributed by atoms with van der Waals surface area (Å²) >= 11 is 5.73. The van der Waals surface area contributed by atoms with Crippen molar-refractivity contribution in [3.63, 3.8) is 0 Å². The highest BCUT2D eigenvalue weighted by Crippen LogP contribution is 2.41. The van der Waals surface area contributed by atoms with Crippen molar-refractivity contribution in [2.45, 2.75) is 37.3 Å². The maximum Gasteiger partial charge on any atom is 0.424 e. The molecule has 0 radical (unpaired) electrons. The van der Waals surface area contributed by atoms with Gasteiger partial charge in [0, 0.05) is 6.20 Å². The minimum atomic E-state index is -4.89. The Morgan fingerprint density at radius 3 is 2.28 bits per heavy atom. The average Bonchev–Trinajstić information content (AvgIpc) is 2.70. The quantitative estimate of drug-likeness (QED) is 0.475. The summed E-state index contributed by atoms with van der Waals surface area (Å²) in [7, 11) is 0. The second kappa shape index (κ2) is 10.5. The number of alkyl halides is 6. The van der Waals surface area contributed by atoms with Crippen LogP contribution in [0.3, 0.4) is 0 Å². The summed E-state index contributed by atoms with van der Waals surface area (Å²) in [5.74, 6) is -3.31. The smallest absolute Gasteiger partial charge is 0.385 e. The second-order valence-electron chi connectivity index (χ2n) is 7.62. The van der Waals surface area contributed by atoms with E-state index < -0.39 is 69.6 Å². The Labute approximate surface area is 216 Å². The number of amidine groups is 1. The summed E-state index contributed by atoms with van der Waals surface area (Å²) in [6, 6.07) is 2.37. The number of carbonyl (C=O) groups excluding carboxylic acids is 1. The molecule has 1 amide bonds. The lowest BCUT2D eigenvalue weighted by atomic mass is 9.93. The van der Waals surface area contributed by atoms with E-state index >= 15 is 0 Å². The molecule has 0 spiro atoms. The summed E-state index contributed by atoms with van der Waals surface area (Å²) in [6.07, 6.45) is -9.22. The third-order valence-electron chi connectivity index (χ3n) is 5.02. The van der Waals surface area contributed by atoms with Crippen molar-refractivity contribution >= 4 is 54.0 Å². The van der Waals surface area contributed by atoms with Gasteiger partial charge in [-0.3, -0.25) is 9.79 Å². The van der Waals surface area contributed by atoms with Gasteiger partial charge in [0.1, 0.15) is 34.4 Å². The molecular weight excluding hydrogens is 570 g/mol. The van der Waals surface area contributed by atoms with Crippen molar-refractivity contribution < 1.29 is 40.3 Å². The highest BCUT2D eigenvalue weighted by atomic mass is 35.5. The molecule has 0 aliphatic carbocycles. The summed E-state index contributed by atoms with van der Waals surface area (Å²) in [6.45, 7) is 1.14. The molecule has 200 valence electrons. The van der Waals surface area contributed by atoms with Gasteiger partial charge >= 0.3 is 12.4 Å². The molecule has 0 saturated heterocycles. The number of aliphatic imine (C=N–C) groups is 1. The molecule has 0 fully saturated rings. The molecule has 2 aromatic rings. The molecule has 2 aromatic heterocycles. The van der Waals surface area contributed by atoms with E-state index in [4.69, 9.17) is 22.1 Å². The molecule has 0 saturated carbocycles. The van der Waals surface area contributed by atoms with Crippen molar-refractivity contribution in [2.75, 3.05) is 11.9 Å². The molecule has 3 rings (SSSR count). The number of pyridine rings is 2. The zero-order valence-electron chi connectivity index (χ0n) is 18.1. The molecule has 0 bridgehead atoms. The minimum absolute atomic E-state index is 0. The molecule has 3 N–H and O–H groups in total. The predicted molar refractivity (Wildman–Crippen MR) is 120 cm³/mol. The summed E-state index contributed by atoms with van der Waals surface area (Å²) in [4.78, 5) is 23.5. The largest absolute Gasteiger partial charge is 0.424 e. The highest BCUT2D eigenvalue weighted by Gasteiger charge is 2.59. The van der Waals surface area contributed by atoms with Crippen molar-refractivity contribution in [3.05, 3.63) is 52.2 Å². The van der Waals surface area contributed by atoms with Gasteiger partial charge in [-0.1, -0.05) is 11.6 Å². The molecular formula is C19H17Cl3F7N5O2. The van der Waals surface area contributed by atoms with Crippen LogP contribution in [0.25, 0.3) is 0 Å². The van der Waals surface area contributed by atoms with E-state index in [9.17, 15) is 35.5 Å². The number of rotatable bonds is 3. The van der Waals surface area contributed by atoms with Crippen LogP contribution in [0.5, 0.6) is 0 Å². The zero-order chi connectivity index (χ0) is 25.7. The van der Waals surface area contributed by atoms with Crippen LogP contribution < -0.4 is 11.1 Å². The lowest BCUT2D eigenvalue weighted by molar-refractivity contribution is -0.249. The van der Waals surface area contributed by atoms with Gasteiger partial charge in [0.2, 0.25) is 5.60 Å². The van der Waals surface area contributed by atoms with Crippen LogP contribution in [0.4, 0.5) is 36.6 Å². The Hall–Kier alpha value is -2.42. The van der Waals surface area contributed by atoms with Crippen LogP contribution in [0, 0.1) is 5.82 Å². The van der Waals surface area contributed by atoms with E-state index in [0.717, 1.165) is 12.1 Å². The van der Waals surface area contributed by atoms with Crippen molar-refractivity contribution in [3.8, 4) is 0 Å². The Bertz CT molecular complexity index is 1180. The molecule has 0 aromatic carbocycles. The van der Waals surface area contributed by atoms with E-state index in [1.54, 1.807) is 0 Å². The fourth-order valence-electron chi connectivity index (χ4n) is 2.94. The van der Waals surface area contributed by atoms with Crippen molar-refractivity contribution in [1.82, 2.24) is 9.97 Å². The normalized spacial score (nSPS) is 22.1. The standard InChI is InChI=1S/C19H15ClF7N5O2.2ClH/c1-16(7-34-17(2,15(28)32-16)19(25,26)27)13-10(21)3-4-11(30-13)31-14(33)12-9(20)5-8(6-29-12)18(22,23)24;;/h3-6H,7H2,1-2H3,(H2,28,32)(H,30,31,33);2*1H/t16-,17+;;/m0../s1. The number of ether oxygens (including phenoxy) is 1. The lowest BCUT2D eigenvalue weighted by Crippen LogP contribution is -2.60. The van der Waals surface area contributed by atoms with Gasteiger partial charge in [-0.05, 0) is 32.0 Å². The number of amides is 1. The maximum atomic E-state index is 14.5. The first-order chi connectivity index (χ1) is 15.5. The molecule has 2 atom stereocenters. The summed E-state index contributed by atoms with van der Waals surface area (Å²) in [5.41, 5.74) is -1.42. The van der Waals surface area contributed by atoms with E-state index in [1.807, 2.05) is 0 Å². The third-order valence-corrected chi connectivity index (χ3v) is 5.31. The number of nitrogens with one attached hydrogen (secondary N) is 1. The summed E-state index contributed by atoms with van der Waals surface area (Å²) < 4.78 is 97.6. The predicted octanol–water partition coefficient (Wildman–Crippen LogP) is 5.31. The Kier molecular flexibility index (Phi) is 9.24. The Morgan fingerprint density at radius 1 is 1.17 bits per heavy atom. The van der Waals surface area contributed by atoms with Crippen LogP contribution in [-0.4, -0.2) is 40.1 Å². The first kappa shape index (κ1) is 31.6. The zero-order valence-corrected chi connectivity index (χ0v) is 20.5. The fourth-order valence-corrected chi connectivity index (χ4v) is 3.19. The van der Waals surface area contributed by atoms with E-state index in [2.05, 4.69) is 20.3 Å². The topological polar surface area (TPSA) is 102 Å². The molecule has 3 heterocycles. The van der Waals surface area contributed by atoms with E-state index in [1.165, 1.54) is 6.92 Å². The molecule has 0 unspecified atom stereocenters. The van der Waals surface area contributed by atoms with Crippen molar-refractivity contribution in [1.29, 1.82) is 0 Å². The van der Waals surface area contributed by atoms with Gasteiger partial charge in [-0.15, -0.1) is 24.8 Å². The number of halogens is 10. The van der Waals surface area contributed by atoms with Gasteiger partial charge in [0.05, 0.1) is 17.2 Å².